The van der Waals surface area contributed by atoms with Crippen LogP contribution in [0.15, 0.2) is 27.5 Å². The van der Waals surface area contributed by atoms with E-state index in [1.165, 1.54) is 16.7 Å². The number of aromatic nitrogens is 2. The quantitative estimate of drug-likeness (QED) is 0.862. The molecule has 19 heavy (non-hydrogen) atoms. The number of nitrogens with two attached hydrogens (primary N) is 1. The molecule has 2 N–H and O–H groups in total. The molecule has 0 atom stereocenters. The lowest BCUT2D eigenvalue weighted by Crippen LogP contribution is -2.27. The first-order valence-corrected chi connectivity index (χ1v) is 6.47. The van der Waals surface area contributed by atoms with E-state index in [2.05, 4.69) is 20.9 Å². The third-order valence-corrected chi connectivity index (χ3v) is 4.15. The molecule has 100 valence electrons. The van der Waals surface area contributed by atoms with E-state index in [4.69, 9.17) is 5.73 Å². The van der Waals surface area contributed by atoms with Gasteiger partial charge in [-0.3, -0.25) is 4.57 Å². The van der Waals surface area contributed by atoms with Gasteiger partial charge in [0.2, 0.25) is 0 Å². The highest BCUT2D eigenvalue weighted by molar-refractivity contribution is 9.10. The summed E-state index contributed by atoms with van der Waals surface area (Å²) >= 11 is 3.37. The van der Waals surface area contributed by atoms with Crippen LogP contribution < -0.4 is 11.4 Å². The monoisotopic (exact) mass is 325 g/mol. The molecule has 0 aliphatic carbocycles. The molecule has 0 saturated heterocycles. The van der Waals surface area contributed by atoms with Crippen LogP contribution in [-0.4, -0.2) is 9.55 Å². The van der Waals surface area contributed by atoms with Crippen LogP contribution in [0.1, 0.15) is 17.0 Å². The third kappa shape index (κ3) is 2.53. The topological polar surface area (TPSA) is 60.9 Å². The second-order valence-corrected chi connectivity index (χ2v) is 5.07. The molecule has 6 heteroatoms. The summed E-state index contributed by atoms with van der Waals surface area (Å²) in [4.78, 5) is 15.8. The van der Waals surface area contributed by atoms with E-state index in [1.807, 2.05) is 0 Å². The van der Waals surface area contributed by atoms with Gasteiger partial charge in [0.1, 0.15) is 5.82 Å². The summed E-state index contributed by atoms with van der Waals surface area (Å²) < 4.78 is 15.9. The van der Waals surface area contributed by atoms with Crippen LogP contribution in [0.3, 0.4) is 0 Å². The maximum Gasteiger partial charge on any atom is 0.348 e. The second-order valence-electron chi connectivity index (χ2n) is 4.27. The first-order chi connectivity index (χ1) is 8.91. The van der Waals surface area contributed by atoms with Crippen LogP contribution in [0.5, 0.6) is 0 Å². The van der Waals surface area contributed by atoms with Crippen LogP contribution in [0.25, 0.3) is 0 Å². The largest absolute Gasteiger partial charge is 0.398 e. The molecule has 0 saturated carbocycles. The van der Waals surface area contributed by atoms with Gasteiger partial charge in [0, 0.05) is 16.9 Å². The van der Waals surface area contributed by atoms with E-state index in [9.17, 15) is 9.18 Å². The van der Waals surface area contributed by atoms with E-state index in [-0.39, 0.29) is 6.54 Å². The van der Waals surface area contributed by atoms with Crippen molar-refractivity contribution in [2.45, 2.75) is 20.4 Å². The van der Waals surface area contributed by atoms with Crippen molar-refractivity contribution in [3.05, 3.63) is 55.9 Å². The second kappa shape index (κ2) is 5.13. The van der Waals surface area contributed by atoms with Gasteiger partial charge in [-0.1, -0.05) is 6.07 Å². The van der Waals surface area contributed by atoms with Gasteiger partial charge in [-0.05, 0) is 41.9 Å². The zero-order valence-electron chi connectivity index (χ0n) is 10.6. The molecule has 4 nitrogen and oxygen atoms in total. The van der Waals surface area contributed by atoms with E-state index in [1.54, 1.807) is 19.9 Å². The maximum atomic E-state index is 13.8. The summed E-state index contributed by atoms with van der Waals surface area (Å²) in [7, 11) is 0. The lowest BCUT2D eigenvalue weighted by molar-refractivity contribution is 0.589. The minimum absolute atomic E-state index is 0.0645. The summed E-state index contributed by atoms with van der Waals surface area (Å²) in [6.45, 7) is 3.58. The highest BCUT2D eigenvalue weighted by Gasteiger charge is 2.13. The first-order valence-electron chi connectivity index (χ1n) is 5.68. The number of anilines is 1. The van der Waals surface area contributed by atoms with Gasteiger partial charge in [0.05, 0.1) is 16.7 Å². The zero-order chi connectivity index (χ0) is 14.2. The Morgan fingerprint density at radius 2 is 2.11 bits per heavy atom. The molecule has 0 fully saturated rings. The Morgan fingerprint density at radius 3 is 2.74 bits per heavy atom. The van der Waals surface area contributed by atoms with Crippen molar-refractivity contribution in [1.29, 1.82) is 0 Å². The molecule has 0 radical (unpaired) electrons. The molecule has 1 heterocycles. The van der Waals surface area contributed by atoms with E-state index < -0.39 is 11.5 Å². The van der Waals surface area contributed by atoms with Gasteiger partial charge in [-0.25, -0.2) is 9.18 Å². The Bertz CT molecular complexity index is 677. The van der Waals surface area contributed by atoms with Gasteiger partial charge in [-0.15, -0.1) is 0 Å². The van der Waals surface area contributed by atoms with Gasteiger partial charge in [0.25, 0.3) is 0 Å². The lowest BCUT2D eigenvalue weighted by Gasteiger charge is -2.14. The Labute approximate surface area is 118 Å². The number of rotatable bonds is 2. The van der Waals surface area contributed by atoms with Crippen LogP contribution in [0, 0.1) is 19.7 Å². The molecule has 0 aliphatic heterocycles. The van der Waals surface area contributed by atoms with Gasteiger partial charge < -0.3 is 5.73 Å². The van der Waals surface area contributed by atoms with Gasteiger partial charge >= 0.3 is 5.69 Å². The average Bonchev–Trinajstić information content (AvgIpc) is 2.35. The normalized spacial score (nSPS) is 10.7. The fourth-order valence-electron chi connectivity index (χ4n) is 1.86. The SMILES string of the molecule is Cc1nc(=O)n(Cc2c(N)cccc2F)c(C)c1Br. The summed E-state index contributed by atoms with van der Waals surface area (Å²) in [5.41, 5.74) is 7.26. The minimum atomic E-state index is -0.428. The van der Waals surface area contributed by atoms with E-state index in [0.717, 1.165) is 4.47 Å². The molecular formula is C13H13BrFN3O. The number of hydrogen-bond donors (Lipinski definition) is 1. The molecule has 0 aliphatic rings. The highest BCUT2D eigenvalue weighted by Crippen LogP contribution is 2.20. The molecule has 0 bridgehead atoms. The fraction of sp³-hybridized carbons (Fsp3) is 0.231. The van der Waals surface area contributed by atoms with Crippen molar-refractivity contribution in [1.82, 2.24) is 9.55 Å². The number of nitrogens with zero attached hydrogens (tertiary/aromatic N) is 2. The molecule has 0 unspecified atom stereocenters. The zero-order valence-corrected chi connectivity index (χ0v) is 12.2. The van der Waals surface area contributed by atoms with Gasteiger partial charge in [0.15, 0.2) is 0 Å². The Balaban J connectivity index is 2.57. The maximum absolute atomic E-state index is 13.8. The number of aryl methyl sites for hydroxylation is 1. The van der Waals surface area contributed by atoms with Crippen molar-refractivity contribution in [2.24, 2.45) is 0 Å². The van der Waals surface area contributed by atoms with Crippen LogP contribution in [0.4, 0.5) is 10.1 Å². The van der Waals surface area contributed by atoms with Crippen molar-refractivity contribution >= 4 is 21.6 Å². The molecule has 0 spiro atoms. The predicted octanol–water partition coefficient (Wildman–Crippen LogP) is 2.39. The molecule has 1 aromatic heterocycles. The molecule has 0 amide bonds. The van der Waals surface area contributed by atoms with Gasteiger partial charge in [-0.2, -0.15) is 4.98 Å². The molecule has 2 aromatic rings. The third-order valence-electron chi connectivity index (χ3n) is 3.01. The lowest BCUT2D eigenvalue weighted by atomic mass is 10.1. The van der Waals surface area contributed by atoms with Crippen LogP contribution in [0.2, 0.25) is 0 Å². The van der Waals surface area contributed by atoms with E-state index in [0.29, 0.717) is 22.6 Å². The summed E-state index contributed by atoms with van der Waals surface area (Å²) in [5, 5.41) is 0. The van der Waals surface area contributed by atoms with E-state index >= 15 is 0 Å². The standard InChI is InChI=1S/C13H13BrFN3O/c1-7-12(14)8(2)18(13(19)17-7)6-9-10(15)4-3-5-11(9)16/h3-5H,6,16H2,1-2H3. The fourth-order valence-corrected chi connectivity index (χ4v) is 2.17. The Hall–Kier alpha value is -1.69. The Morgan fingerprint density at radius 1 is 1.42 bits per heavy atom. The van der Waals surface area contributed by atoms with Crippen molar-refractivity contribution < 1.29 is 4.39 Å². The molecular weight excluding hydrogens is 313 g/mol. The molecule has 1 aromatic carbocycles. The Kier molecular flexibility index (Phi) is 3.71. The van der Waals surface area contributed by atoms with Crippen molar-refractivity contribution in [3.8, 4) is 0 Å². The van der Waals surface area contributed by atoms with Crippen molar-refractivity contribution in [2.75, 3.05) is 5.73 Å². The highest BCUT2D eigenvalue weighted by atomic mass is 79.9. The van der Waals surface area contributed by atoms with Crippen LogP contribution >= 0.6 is 15.9 Å². The predicted molar refractivity (Wildman–Crippen MR) is 75.6 cm³/mol. The number of nitrogen functional groups attached to an aromatic ring is 1. The number of benzene rings is 1. The number of halogens is 2. The summed E-state index contributed by atoms with van der Waals surface area (Å²) in [5.74, 6) is -0.428. The average molecular weight is 326 g/mol. The first kappa shape index (κ1) is 13.7. The number of hydrogen-bond acceptors (Lipinski definition) is 3. The smallest absolute Gasteiger partial charge is 0.348 e. The van der Waals surface area contributed by atoms with Crippen LogP contribution in [-0.2, 0) is 6.54 Å². The minimum Gasteiger partial charge on any atom is -0.398 e. The summed E-state index contributed by atoms with van der Waals surface area (Å²) in [6, 6.07) is 4.46. The molecule has 2 rings (SSSR count). The van der Waals surface area contributed by atoms with Crippen molar-refractivity contribution in [3.63, 3.8) is 0 Å². The summed E-state index contributed by atoms with van der Waals surface area (Å²) in [6.07, 6.45) is 0.